The van der Waals surface area contributed by atoms with Crippen molar-refractivity contribution in [3.63, 3.8) is 0 Å². The lowest BCUT2D eigenvalue weighted by Crippen LogP contribution is -2.14. The molecule has 0 fully saturated rings. The summed E-state index contributed by atoms with van der Waals surface area (Å²) < 4.78 is 0. The number of carboxylic acids is 1. The van der Waals surface area contributed by atoms with Crippen LogP contribution in [0.15, 0.2) is 48.5 Å². The summed E-state index contributed by atoms with van der Waals surface area (Å²) in [6.45, 7) is 2.01. The van der Waals surface area contributed by atoms with Gasteiger partial charge in [-0.2, -0.15) is 0 Å². The predicted octanol–water partition coefficient (Wildman–Crippen LogP) is 4.06. The van der Waals surface area contributed by atoms with Crippen LogP contribution in [0.2, 0.25) is 5.02 Å². The van der Waals surface area contributed by atoms with E-state index in [9.17, 15) is 9.90 Å². The first kappa shape index (κ1) is 13.6. The van der Waals surface area contributed by atoms with Gasteiger partial charge in [-0.1, -0.05) is 53.6 Å². The second-order valence-corrected chi connectivity index (χ2v) is 5.07. The van der Waals surface area contributed by atoms with Gasteiger partial charge in [-0.05, 0) is 36.6 Å². The van der Waals surface area contributed by atoms with Crippen LogP contribution in [0.1, 0.15) is 22.6 Å². The largest absolute Gasteiger partial charge is 0.481 e. The van der Waals surface area contributed by atoms with E-state index < -0.39 is 11.9 Å². The van der Waals surface area contributed by atoms with Crippen LogP contribution in [-0.4, -0.2) is 11.1 Å². The molecule has 98 valence electrons. The standard InChI is InChI=1S/C16H15ClO2/c1-11-5-7-12(8-6-11)9-15(16(18)19)13-3-2-4-14(17)10-13/h2-8,10,15H,9H2,1H3,(H,18,19)/t15-/m1/s1. The smallest absolute Gasteiger partial charge is 0.311 e. The summed E-state index contributed by atoms with van der Waals surface area (Å²) in [5, 5.41) is 9.95. The number of hydrogen-bond acceptors (Lipinski definition) is 1. The monoisotopic (exact) mass is 274 g/mol. The fourth-order valence-corrected chi connectivity index (χ4v) is 2.23. The SMILES string of the molecule is Cc1ccc(C[C@@H](C(=O)O)c2cccc(Cl)c2)cc1. The lowest BCUT2D eigenvalue weighted by molar-refractivity contribution is -0.138. The van der Waals surface area contributed by atoms with E-state index in [1.165, 1.54) is 5.56 Å². The first-order valence-electron chi connectivity index (χ1n) is 6.10. The van der Waals surface area contributed by atoms with Crippen molar-refractivity contribution in [1.29, 1.82) is 0 Å². The van der Waals surface area contributed by atoms with Crippen LogP contribution in [0.5, 0.6) is 0 Å². The molecule has 19 heavy (non-hydrogen) atoms. The van der Waals surface area contributed by atoms with Crippen LogP contribution in [-0.2, 0) is 11.2 Å². The van der Waals surface area contributed by atoms with Crippen molar-refractivity contribution >= 4 is 17.6 Å². The van der Waals surface area contributed by atoms with E-state index in [1.807, 2.05) is 31.2 Å². The average Bonchev–Trinajstić information content (AvgIpc) is 2.37. The molecule has 2 rings (SSSR count). The third-order valence-electron chi connectivity index (χ3n) is 3.11. The maximum Gasteiger partial charge on any atom is 0.311 e. The normalized spacial score (nSPS) is 12.1. The van der Waals surface area contributed by atoms with E-state index >= 15 is 0 Å². The fourth-order valence-electron chi connectivity index (χ4n) is 2.03. The van der Waals surface area contributed by atoms with Crippen LogP contribution in [0.3, 0.4) is 0 Å². The summed E-state index contributed by atoms with van der Waals surface area (Å²) >= 11 is 5.92. The van der Waals surface area contributed by atoms with Crippen LogP contribution < -0.4 is 0 Å². The van der Waals surface area contributed by atoms with Crippen molar-refractivity contribution in [3.8, 4) is 0 Å². The average molecular weight is 275 g/mol. The molecule has 0 unspecified atom stereocenters. The lowest BCUT2D eigenvalue weighted by Gasteiger charge is -2.13. The summed E-state index contributed by atoms with van der Waals surface area (Å²) in [5.41, 5.74) is 2.91. The minimum absolute atomic E-state index is 0.468. The predicted molar refractivity (Wildman–Crippen MR) is 76.7 cm³/mol. The highest BCUT2D eigenvalue weighted by Crippen LogP contribution is 2.24. The fraction of sp³-hybridized carbons (Fsp3) is 0.188. The molecule has 0 aliphatic heterocycles. The molecule has 2 aromatic carbocycles. The maximum atomic E-state index is 11.4. The Bertz CT molecular complexity index is 576. The summed E-state index contributed by atoms with van der Waals surface area (Å²) in [6, 6.07) is 15.0. The zero-order chi connectivity index (χ0) is 13.8. The molecule has 2 aromatic rings. The third-order valence-corrected chi connectivity index (χ3v) is 3.34. The first-order chi connectivity index (χ1) is 9.06. The molecule has 0 saturated carbocycles. The van der Waals surface area contributed by atoms with E-state index in [2.05, 4.69) is 0 Å². The van der Waals surface area contributed by atoms with Gasteiger partial charge in [0.15, 0.2) is 0 Å². The van der Waals surface area contributed by atoms with Gasteiger partial charge in [-0.3, -0.25) is 4.79 Å². The van der Waals surface area contributed by atoms with E-state index in [0.717, 1.165) is 11.1 Å². The first-order valence-corrected chi connectivity index (χ1v) is 6.48. The molecule has 0 spiro atoms. The van der Waals surface area contributed by atoms with Gasteiger partial charge in [-0.25, -0.2) is 0 Å². The Balaban J connectivity index is 2.26. The Hall–Kier alpha value is -1.80. The highest BCUT2D eigenvalue weighted by molar-refractivity contribution is 6.30. The molecular formula is C16H15ClO2. The molecule has 0 aliphatic carbocycles. The molecular weight excluding hydrogens is 260 g/mol. The van der Waals surface area contributed by atoms with E-state index in [4.69, 9.17) is 11.6 Å². The van der Waals surface area contributed by atoms with Crippen molar-refractivity contribution in [1.82, 2.24) is 0 Å². The van der Waals surface area contributed by atoms with Crippen LogP contribution >= 0.6 is 11.6 Å². The van der Waals surface area contributed by atoms with Gasteiger partial charge in [0.05, 0.1) is 5.92 Å². The van der Waals surface area contributed by atoms with Gasteiger partial charge in [0.2, 0.25) is 0 Å². The van der Waals surface area contributed by atoms with Crippen LogP contribution in [0, 0.1) is 6.92 Å². The molecule has 0 aliphatic rings. The number of hydrogen-bond donors (Lipinski definition) is 1. The maximum absolute atomic E-state index is 11.4. The quantitative estimate of drug-likeness (QED) is 0.913. The van der Waals surface area contributed by atoms with Crippen molar-refractivity contribution in [2.45, 2.75) is 19.3 Å². The van der Waals surface area contributed by atoms with Crippen molar-refractivity contribution in [3.05, 3.63) is 70.2 Å². The molecule has 3 heteroatoms. The number of halogens is 1. The summed E-state index contributed by atoms with van der Waals surface area (Å²) in [5.74, 6) is -1.40. The molecule has 0 saturated heterocycles. The Labute approximate surface area is 117 Å². The number of carboxylic acid groups (broad SMARTS) is 1. The molecule has 0 heterocycles. The van der Waals surface area contributed by atoms with E-state index in [1.54, 1.807) is 24.3 Å². The van der Waals surface area contributed by atoms with Gasteiger partial charge < -0.3 is 5.11 Å². The molecule has 1 N–H and O–H groups in total. The Morgan fingerprint density at radius 2 is 1.89 bits per heavy atom. The highest BCUT2D eigenvalue weighted by atomic mass is 35.5. The zero-order valence-electron chi connectivity index (χ0n) is 10.6. The van der Waals surface area contributed by atoms with Gasteiger partial charge >= 0.3 is 5.97 Å². The summed E-state index contributed by atoms with van der Waals surface area (Å²) in [6.07, 6.45) is 0.468. The number of carbonyl (C=O) groups is 1. The Morgan fingerprint density at radius 3 is 2.47 bits per heavy atom. The molecule has 2 nitrogen and oxygen atoms in total. The lowest BCUT2D eigenvalue weighted by atomic mass is 9.92. The van der Waals surface area contributed by atoms with Crippen molar-refractivity contribution < 1.29 is 9.90 Å². The third kappa shape index (κ3) is 3.58. The van der Waals surface area contributed by atoms with Gasteiger partial charge in [0.1, 0.15) is 0 Å². The number of benzene rings is 2. The number of aliphatic carboxylic acids is 1. The Morgan fingerprint density at radius 1 is 1.21 bits per heavy atom. The number of rotatable bonds is 4. The topological polar surface area (TPSA) is 37.3 Å². The van der Waals surface area contributed by atoms with Crippen molar-refractivity contribution in [2.75, 3.05) is 0 Å². The second kappa shape index (κ2) is 5.89. The van der Waals surface area contributed by atoms with Gasteiger partial charge in [0.25, 0.3) is 0 Å². The molecule has 1 atom stereocenters. The van der Waals surface area contributed by atoms with Gasteiger partial charge in [-0.15, -0.1) is 0 Å². The summed E-state index contributed by atoms with van der Waals surface area (Å²) in [7, 11) is 0. The minimum atomic E-state index is -0.831. The molecule has 0 bridgehead atoms. The van der Waals surface area contributed by atoms with E-state index in [0.29, 0.717) is 11.4 Å². The highest BCUT2D eigenvalue weighted by Gasteiger charge is 2.20. The van der Waals surface area contributed by atoms with Crippen LogP contribution in [0.25, 0.3) is 0 Å². The van der Waals surface area contributed by atoms with Crippen LogP contribution in [0.4, 0.5) is 0 Å². The van der Waals surface area contributed by atoms with Gasteiger partial charge in [0, 0.05) is 5.02 Å². The molecule has 0 radical (unpaired) electrons. The minimum Gasteiger partial charge on any atom is -0.481 e. The second-order valence-electron chi connectivity index (χ2n) is 4.64. The molecule has 0 amide bonds. The van der Waals surface area contributed by atoms with E-state index in [-0.39, 0.29) is 0 Å². The number of aryl methyl sites for hydroxylation is 1. The molecule has 0 aromatic heterocycles. The zero-order valence-corrected chi connectivity index (χ0v) is 11.4. The van der Waals surface area contributed by atoms with Crippen molar-refractivity contribution in [2.24, 2.45) is 0 Å². The summed E-state index contributed by atoms with van der Waals surface area (Å²) in [4.78, 5) is 11.4. The Kier molecular flexibility index (Phi) is 4.23.